The van der Waals surface area contributed by atoms with E-state index < -0.39 is 53.7 Å². The molecule has 0 aromatic heterocycles. The van der Waals surface area contributed by atoms with Crippen LogP contribution in [-0.4, -0.2) is 57.5 Å². The highest BCUT2D eigenvalue weighted by Crippen LogP contribution is 2.24. The molecule has 0 saturated heterocycles. The normalized spacial score (nSPS) is 15.6. The molecule has 2 rings (SSSR count). The summed E-state index contributed by atoms with van der Waals surface area (Å²) in [6, 6.07) is 16.2. The van der Waals surface area contributed by atoms with Crippen LogP contribution in [0.4, 0.5) is 4.79 Å². The van der Waals surface area contributed by atoms with E-state index in [-0.39, 0.29) is 18.8 Å². The largest absolute Gasteiger partial charge is 0.444 e. The molecule has 9 nitrogen and oxygen atoms in total. The Bertz CT molecular complexity index is 1050. The highest BCUT2D eigenvalue weighted by atomic mass is 16.6. The number of hydrogen-bond donors (Lipinski definition) is 5. The molecular weight excluding hydrogens is 486 g/mol. The molecule has 0 saturated carbocycles. The first kappa shape index (κ1) is 30.8. The van der Waals surface area contributed by atoms with Gasteiger partial charge in [-0.2, -0.15) is 0 Å². The Morgan fingerprint density at radius 3 is 1.92 bits per heavy atom. The third-order valence-electron chi connectivity index (χ3n) is 6.03. The van der Waals surface area contributed by atoms with E-state index in [2.05, 4.69) is 10.6 Å². The van der Waals surface area contributed by atoms with Gasteiger partial charge in [0.25, 0.3) is 5.91 Å². The van der Waals surface area contributed by atoms with Gasteiger partial charge < -0.3 is 31.3 Å². The van der Waals surface area contributed by atoms with E-state index in [9.17, 15) is 24.6 Å². The first-order valence-electron chi connectivity index (χ1n) is 12.8. The number of hydrogen-bond acceptors (Lipinski definition) is 6. The number of ether oxygens (including phenoxy) is 1. The summed E-state index contributed by atoms with van der Waals surface area (Å²) < 4.78 is 5.38. The molecule has 4 atom stereocenters. The molecule has 6 N–H and O–H groups in total. The van der Waals surface area contributed by atoms with Crippen LogP contribution in [0.25, 0.3) is 0 Å². The number of nitrogens with one attached hydrogen (secondary N) is 2. The number of benzene rings is 2. The Morgan fingerprint density at radius 2 is 1.45 bits per heavy atom. The summed E-state index contributed by atoms with van der Waals surface area (Å²) in [6.45, 7) is 8.62. The number of amides is 3. The van der Waals surface area contributed by atoms with E-state index in [4.69, 9.17) is 10.5 Å². The minimum Gasteiger partial charge on any atom is -0.444 e. The van der Waals surface area contributed by atoms with Crippen molar-refractivity contribution in [2.45, 2.75) is 83.3 Å². The van der Waals surface area contributed by atoms with E-state index in [1.54, 1.807) is 65.0 Å². The van der Waals surface area contributed by atoms with E-state index in [0.717, 1.165) is 5.56 Å². The highest BCUT2D eigenvalue weighted by Gasteiger charge is 2.42. The zero-order chi connectivity index (χ0) is 28.5. The van der Waals surface area contributed by atoms with Crippen molar-refractivity contribution in [2.24, 2.45) is 11.7 Å². The third-order valence-corrected chi connectivity index (χ3v) is 6.03. The molecule has 0 heterocycles. The van der Waals surface area contributed by atoms with Crippen molar-refractivity contribution in [3.8, 4) is 0 Å². The Morgan fingerprint density at radius 1 is 0.921 bits per heavy atom. The molecule has 0 aliphatic heterocycles. The number of carbonyl (C=O) groups is 3. The number of aliphatic hydroxyl groups is 2. The molecule has 0 spiro atoms. The molecule has 0 fully saturated rings. The maximum Gasteiger partial charge on any atom is 0.407 e. The van der Waals surface area contributed by atoms with Crippen molar-refractivity contribution < 1.29 is 29.3 Å². The SMILES string of the molecule is CC(C)C(NC(=O)[C@](O)(Cc1ccccc1)C[C@H](O)[C@H](Cc1ccccc1)NC(=O)OC(C)(C)C)C(N)=O. The first-order valence-corrected chi connectivity index (χ1v) is 12.8. The lowest BCUT2D eigenvalue weighted by Crippen LogP contribution is -2.58. The fourth-order valence-corrected chi connectivity index (χ4v) is 4.12. The molecule has 208 valence electrons. The molecule has 9 heteroatoms. The van der Waals surface area contributed by atoms with Crippen molar-refractivity contribution in [1.29, 1.82) is 0 Å². The molecule has 0 aliphatic rings. The molecule has 1 unspecified atom stereocenters. The van der Waals surface area contributed by atoms with Crippen LogP contribution in [0.1, 0.15) is 52.2 Å². The molecule has 0 radical (unpaired) electrons. The second kappa shape index (κ2) is 13.4. The van der Waals surface area contributed by atoms with Gasteiger partial charge in [-0.25, -0.2) is 4.79 Å². The fraction of sp³-hybridized carbons (Fsp3) is 0.483. The lowest BCUT2D eigenvalue weighted by Gasteiger charge is -2.34. The van der Waals surface area contributed by atoms with Crippen LogP contribution in [0.5, 0.6) is 0 Å². The number of alkyl carbamates (subject to hydrolysis) is 1. The average Bonchev–Trinajstić information content (AvgIpc) is 2.81. The molecule has 2 aromatic rings. The molecule has 38 heavy (non-hydrogen) atoms. The minimum absolute atomic E-state index is 0.134. The third kappa shape index (κ3) is 9.79. The smallest absolute Gasteiger partial charge is 0.407 e. The average molecular weight is 528 g/mol. The lowest BCUT2D eigenvalue weighted by atomic mass is 9.84. The van der Waals surface area contributed by atoms with Gasteiger partial charge in [0, 0.05) is 12.8 Å². The minimum atomic E-state index is -2.12. The summed E-state index contributed by atoms with van der Waals surface area (Å²) in [4.78, 5) is 38.0. The number of rotatable bonds is 12. The van der Waals surface area contributed by atoms with E-state index in [1.807, 2.05) is 30.3 Å². The van der Waals surface area contributed by atoms with Crippen LogP contribution in [0, 0.1) is 5.92 Å². The number of carbonyl (C=O) groups excluding carboxylic acids is 3. The topological polar surface area (TPSA) is 151 Å². The van der Waals surface area contributed by atoms with Crippen LogP contribution < -0.4 is 16.4 Å². The Kier molecular flexibility index (Phi) is 10.9. The van der Waals surface area contributed by atoms with Gasteiger partial charge in [-0.15, -0.1) is 0 Å². The van der Waals surface area contributed by atoms with Gasteiger partial charge in [-0.1, -0.05) is 74.5 Å². The van der Waals surface area contributed by atoms with Gasteiger partial charge in [-0.05, 0) is 44.2 Å². The van der Waals surface area contributed by atoms with Crippen molar-refractivity contribution in [2.75, 3.05) is 0 Å². The monoisotopic (exact) mass is 527 g/mol. The van der Waals surface area contributed by atoms with Gasteiger partial charge in [0.1, 0.15) is 17.2 Å². The van der Waals surface area contributed by atoms with Gasteiger partial charge in [-0.3, -0.25) is 9.59 Å². The first-order chi connectivity index (χ1) is 17.7. The predicted octanol–water partition coefficient (Wildman–Crippen LogP) is 2.47. The van der Waals surface area contributed by atoms with Gasteiger partial charge >= 0.3 is 6.09 Å². The summed E-state index contributed by atoms with van der Waals surface area (Å²) in [5, 5.41) is 28.3. The second-order valence-electron chi connectivity index (χ2n) is 11.0. The van der Waals surface area contributed by atoms with Gasteiger partial charge in [0.2, 0.25) is 5.91 Å². The second-order valence-corrected chi connectivity index (χ2v) is 11.0. The van der Waals surface area contributed by atoms with E-state index >= 15 is 0 Å². The maximum absolute atomic E-state index is 13.4. The number of primary amides is 1. The molecule has 0 bridgehead atoms. The summed E-state index contributed by atoms with van der Waals surface area (Å²) >= 11 is 0. The van der Waals surface area contributed by atoms with Gasteiger partial charge in [0.05, 0.1) is 12.1 Å². The maximum atomic E-state index is 13.4. The summed E-state index contributed by atoms with van der Waals surface area (Å²) in [6.07, 6.45) is -2.43. The van der Waals surface area contributed by atoms with Crippen molar-refractivity contribution in [3.05, 3.63) is 71.8 Å². The molecule has 0 aliphatic carbocycles. The number of aliphatic hydroxyl groups excluding tert-OH is 1. The summed E-state index contributed by atoms with van der Waals surface area (Å²) in [5.41, 5.74) is 4.08. The molecular formula is C29H41N3O6. The van der Waals surface area contributed by atoms with Crippen LogP contribution in [0.3, 0.4) is 0 Å². The van der Waals surface area contributed by atoms with Crippen LogP contribution in [0.15, 0.2) is 60.7 Å². The Labute approximate surface area is 224 Å². The van der Waals surface area contributed by atoms with Gasteiger partial charge in [0.15, 0.2) is 0 Å². The van der Waals surface area contributed by atoms with Crippen LogP contribution in [0.2, 0.25) is 0 Å². The summed E-state index contributed by atoms with van der Waals surface area (Å²) in [7, 11) is 0. The quantitative estimate of drug-likeness (QED) is 0.286. The highest BCUT2D eigenvalue weighted by molar-refractivity contribution is 5.91. The standard InChI is InChI=1S/C29H41N3O6/c1-19(2)24(25(30)34)32-26(35)29(37,17-21-14-10-7-11-15-21)18-23(33)22(16-20-12-8-6-9-13-20)31-27(36)38-28(3,4)5/h6-15,19,22-24,33,37H,16-18H2,1-5H3,(H2,30,34)(H,31,36)(H,32,35)/t22-,23-,24?,29-/m0/s1. The molecule has 2 aromatic carbocycles. The molecule has 3 amide bonds. The predicted molar refractivity (Wildman–Crippen MR) is 145 cm³/mol. The van der Waals surface area contributed by atoms with E-state index in [1.165, 1.54) is 0 Å². The van der Waals surface area contributed by atoms with Crippen molar-refractivity contribution >= 4 is 17.9 Å². The van der Waals surface area contributed by atoms with Crippen molar-refractivity contribution in [3.63, 3.8) is 0 Å². The zero-order valence-corrected chi connectivity index (χ0v) is 22.8. The Balaban J connectivity index is 2.37. The Hall–Kier alpha value is -3.43. The number of nitrogens with two attached hydrogens (primary N) is 1. The van der Waals surface area contributed by atoms with E-state index in [0.29, 0.717) is 5.56 Å². The van der Waals surface area contributed by atoms with Crippen LogP contribution in [-0.2, 0) is 27.2 Å². The zero-order valence-electron chi connectivity index (χ0n) is 22.8. The fourth-order valence-electron chi connectivity index (χ4n) is 4.12. The lowest BCUT2D eigenvalue weighted by molar-refractivity contribution is -0.146. The summed E-state index contributed by atoms with van der Waals surface area (Å²) in [5.74, 6) is -1.89. The van der Waals surface area contributed by atoms with Crippen molar-refractivity contribution in [1.82, 2.24) is 10.6 Å². The van der Waals surface area contributed by atoms with Crippen LogP contribution >= 0.6 is 0 Å².